The number of hydrogen-bond acceptors (Lipinski definition) is 4. The molecule has 0 saturated heterocycles. The van der Waals surface area contributed by atoms with E-state index in [1.807, 2.05) is 87.5 Å². The Morgan fingerprint density at radius 2 is 1.48 bits per heavy atom. The molecule has 0 aromatic heterocycles. The molecule has 4 aromatic carbocycles. The molecule has 5 rings (SSSR count). The van der Waals surface area contributed by atoms with Crippen molar-refractivity contribution in [2.75, 3.05) is 10.8 Å². The molecule has 48 heavy (non-hydrogen) atoms. The number of nitrogens with one attached hydrogen (secondary N) is 1. The molecule has 4 aromatic rings. The molecule has 0 unspecified atom stereocenters. The highest BCUT2D eigenvalue weighted by Crippen LogP contribution is 2.29. The fraction of sp³-hybridized carbons (Fsp3) is 0.333. The van der Waals surface area contributed by atoms with Crippen molar-refractivity contribution in [2.45, 2.75) is 82.8 Å². The summed E-state index contributed by atoms with van der Waals surface area (Å²) in [7, 11) is -4.17. The van der Waals surface area contributed by atoms with Gasteiger partial charge in [0.1, 0.15) is 12.6 Å². The Hall–Kier alpha value is -3.95. The lowest BCUT2D eigenvalue weighted by molar-refractivity contribution is -0.140. The highest BCUT2D eigenvalue weighted by molar-refractivity contribution is 9.10. The summed E-state index contributed by atoms with van der Waals surface area (Å²) < 4.78 is 30.8. The van der Waals surface area contributed by atoms with Crippen LogP contribution in [0, 0.1) is 20.8 Å². The Bertz CT molecular complexity index is 1820. The van der Waals surface area contributed by atoms with Crippen molar-refractivity contribution < 1.29 is 18.0 Å². The smallest absolute Gasteiger partial charge is 0.264 e. The normalized spacial score (nSPS) is 14.2. The van der Waals surface area contributed by atoms with Gasteiger partial charge < -0.3 is 10.2 Å². The Kier molecular flexibility index (Phi) is 11.8. The molecule has 1 saturated carbocycles. The van der Waals surface area contributed by atoms with Gasteiger partial charge in [0, 0.05) is 23.5 Å². The molecule has 0 radical (unpaired) electrons. The lowest BCUT2D eigenvalue weighted by atomic mass is 9.94. The molecule has 9 heteroatoms. The maximum atomic E-state index is 14.8. The maximum absolute atomic E-state index is 14.8. The number of nitrogens with zero attached hydrogens (tertiary/aromatic N) is 2. The third kappa shape index (κ3) is 8.94. The molecule has 1 atom stereocenters. The van der Waals surface area contributed by atoms with E-state index in [4.69, 9.17) is 0 Å². The van der Waals surface area contributed by atoms with E-state index in [1.165, 1.54) is 4.31 Å². The zero-order chi connectivity index (χ0) is 34.3. The zero-order valence-corrected chi connectivity index (χ0v) is 30.3. The predicted octanol–water partition coefficient (Wildman–Crippen LogP) is 7.66. The standard InChI is InChI=1S/C39H44BrN3O4S/c1-28-18-21-35(22-19-28)48(46,47)43(36-23-29(2)17-20-30(36)3)27-38(44)42(26-32-13-10-14-33(40)24-32)37(25-31-11-6-4-7-12-31)39(45)41-34-15-8-5-9-16-34/h4,6-7,10-14,17-24,34,37H,5,8-9,15-16,25-27H2,1-3H3,(H,41,45)/t37-/m0/s1. The molecule has 0 spiro atoms. The number of carbonyl (C=O) groups is 2. The van der Waals surface area contributed by atoms with Crippen LogP contribution in [0.5, 0.6) is 0 Å². The average Bonchev–Trinajstić information content (AvgIpc) is 3.07. The predicted molar refractivity (Wildman–Crippen MR) is 195 cm³/mol. The number of rotatable bonds is 12. The van der Waals surface area contributed by atoms with Crippen LogP contribution in [0.15, 0.2) is 106 Å². The number of carbonyl (C=O) groups excluding carboxylic acids is 2. The van der Waals surface area contributed by atoms with E-state index in [1.54, 1.807) is 35.2 Å². The molecule has 1 aliphatic rings. The lowest BCUT2D eigenvalue weighted by Crippen LogP contribution is -2.55. The highest BCUT2D eigenvalue weighted by atomic mass is 79.9. The molecular weight excluding hydrogens is 686 g/mol. The van der Waals surface area contributed by atoms with Gasteiger partial charge in [0.25, 0.3) is 10.0 Å². The number of hydrogen-bond donors (Lipinski definition) is 1. The minimum atomic E-state index is -4.17. The van der Waals surface area contributed by atoms with Crippen molar-refractivity contribution >= 4 is 43.5 Å². The number of benzene rings is 4. The van der Waals surface area contributed by atoms with Gasteiger partial charge in [0.05, 0.1) is 10.6 Å². The first-order valence-corrected chi connectivity index (χ1v) is 18.8. The summed E-state index contributed by atoms with van der Waals surface area (Å²) in [6.07, 6.45) is 5.34. The van der Waals surface area contributed by atoms with Crippen LogP contribution < -0.4 is 9.62 Å². The van der Waals surface area contributed by atoms with E-state index in [9.17, 15) is 18.0 Å². The van der Waals surface area contributed by atoms with Gasteiger partial charge in [-0.3, -0.25) is 13.9 Å². The number of amides is 2. The summed E-state index contributed by atoms with van der Waals surface area (Å²) in [4.78, 5) is 30.7. The van der Waals surface area contributed by atoms with E-state index < -0.39 is 28.5 Å². The third-order valence-corrected chi connectivity index (χ3v) is 11.3. The van der Waals surface area contributed by atoms with Gasteiger partial charge in [-0.25, -0.2) is 8.42 Å². The molecule has 7 nitrogen and oxygen atoms in total. The number of halogens is 1. The Morgan fingerprint density at radius 1 is 0.812 bits per heavy atom. The van der Waals surface area contributed by atoms with E-state index in [2.05, 4.69) is 21.2 Å². The van der Waals surface area contributed by atoms with Crippen molar-refractivity contribution in [3.05, 3.63) is 129 Å². The fourth-order valence-electron chi connectivity index (χ4n) is 6.27. The van der Waals surface area contributed by atoms with Crippen LogP contribution in [0.25, 0.3) is 0 Å². The van der Waals surface area contributed by atoms with E-state index >= 15 is 0 Å². The van der Waals surface area contributed by atoms with Crippen LogP contribution in [0.4, 0.5) is 5.69 Å². The van der Waals surface area contributed by atoms with Gasteiger partial charge >= 0.3 is 0 Å². The topological polar surface area (TPSA) is 86.8 Å². The van der Waals surface area contributed by atoms with Gasteiger partial charge in [-0.1, -0.05) is 107 Å². The summed E-state index contributed by atoms with van der Waals surface area (Å²) in [5.41, 5.74) is 4.67. The second-order valence-corrected chi connectivity index (χ2v) is 15.6. The van der Waals surface area contributed by atoms with Crippen LogP contribution in [-0.4, -0.2) is 43.8 Å². The minimum absolute atomic E-state index is 0.0423. The molecule has 0 bridgehead atoms. The molecule has 252 valence electrons. The van der Waals surface area contributed by atoms with E-state index in [0.717, 1.165) is 64.4 Å². The van der Waals surface area contributed by atoms with Crippen molar-refractivity contribution in [1.29, 1.82) is 0 Å². The molecule has 1 aliphatic carbocycles. The lowest BCUT2D eigenvalue weighted by Gasteiger charge is -2.35. The SMILES string of the molecule is Cc1ccc(S(=O)(=O)N(CC(=O)N(Cc2cccc(Br)c2)[C@@H](Cc2ccccc2)C(=O)NC2CCCCC2)c2cc(C)ccc2C)cc1. The van der Waals surface area contributed by atoms with Crippen LogP contribution in [0.1, 0.15) is 59.9 Å². The van der Waals surface area contributed by atoms with Gasteiger partial charge in [-0.2, -0.15) is 0 Å². The van der Waals surface area contributed by atoms with E-state index in [-0.39, 0.29) is 29.8 Å². The summed E-state index contributed by atoms with van der Waals surface area (Å²) in [5.74, 6) is -0.694. The number of sulfonamides is 1. The van der Waals surface area contributed by atoms with Crippen molar-refractivity contribution in [3.63, 3.8) is 0 Å². The number of anilines is 1. The molecule has 2 amide bonds. The molecule has 1 fully saturated rings. The van der Waals surface area contributed by atoms with Crippen molar-refractivity contribution in [2.24, 2.45) is 0 Å². The van der Waals surface area contributed by atoms with Crippen LogP contribution in [0.2, 0.25) is 0 Å². The Morgan fingerprint density at radius 3 is 2.17 bits per heavy atom. The summed E-state index contributed by atoms with van der Waals surface area (Å²) in [6, 6.07) is 28.7. The monoisotopic (exact) mass is 729 g/mol. The third-order valence-electron chi connectivity index (χ3n) is 8.99. The molecule has 0 heterocycles. The van der Waals surface area contributed by atoms with Gasteiger partial charge in [0.2, 0.25) is 11.8 Å². The largest absolute Gasteiger partial charge is 0.352 e. The van der Waals surface area contributed by atoms with Gasteiger partial charge in [-0.05, 0) is 86.2 Å². The maximum Gasteiger partial charge on any atom is 0.264 e. The average molecular weight is 731 g/mol. The van der Waals surface area contributed by atoms with E-state index in [0.29, 0.717) is 5.69 Å². The first-order valence-electron chi connectivity index (χ1n) is 16.6. The van der Waals surface area contributed by atoms with Crippen molar-refractivity contribution in [3.8, 4) is 0 Å². The summed E-state index contributed by atoms with van der Waals surface area (Å²) in [6.45, 7) is 5.28. The minimum Gasteiger partial charge on any atom is -0.352 e. The molecule has 0 aliphatic heterocycles. The quantitative estimate of drug-likeness (QED) is 0.162. The summed E-state index contributed by atoms with van der Waals surface area (Å²) in [5, 5.41) is 3.26. The fourth-order valence-corrected chi connectivity index (χ4v) is 8.19. The second-order valence-electron chi connectivity index (χ2n) is 12.8. The summed E-state index contributed by atoms with van der Waals surface area (Å²) >= 11 is 3.55. The first kappa shape index (κ1) is 35.4. The van der Waals surface area contributed by atoms with Crippen molar-refractivity contribution in [1.82, 2.24) is 10.2 Å². The first-order chi connectivity index (χ1) is 23.0. The second kappa shape index (κ2) is 16.0. The Balaban J connectivity index is 1.59. The molecule has 1 N–H and O–H groups in total. The molecular formula is C39H44BrN3O4S. The Labute approximate surface area is 293 Å². The highest BCUT2D eigenvalue weighted by Gasteiger charge is 2.36. The number of aryl methyl sites for hydroxylation is 3. The van der Waals surface area contributed by atoms with Crippen LogP contribution in [0.3, 0.4) is 0 Å². The van der Waals surface area contributed by atoms with Gasteiger partial charge in [-0.15, -0.1) is 0 Å². The van der Waals surface area contributed by atoms with Crippen LogP contribution in [-0.2, 0) is 32.6 Å². The van der Waals surface area contributed by atoms with Gasteiger partial charge in [0.15, 0.2) is 0 Å². The zero-order valence-electron chi connectivity index (χ0n) is 27.9. The van der Waals surface area contributed by atoms with Crippen LogP contribution >= 0.6 is 15.9 Å².